The van der Waals surface area contributed by atoms with Gasteiger partial charge in [0.25, 0.3) is 0 Å². The first-order valence-electron chi connectivity index (χ1n) is 7.11. The molecule has 0 fully saturated rings. The van der Waals surface area contributed by atoms with E-state index in [2.05, 4.69) is 20.4 Å². The second kappa shape index (κ2) is 12.4. The third-order valence-corrected chi connectivity index (χ3v) is 2.72. The third-order valence-electron chi connectivity index (χ3n) is 2.72. The van der Waals surface area contributed by atoms with Crippen LogP contribution in [0.4, 0.5) is 0 Å². The van der Waals surface area contributed by atoms with Gasteiger partial charge in [-0.3, -0.25) is 0 Å². The minimum absolute atomic E-state index is 0.206. The fraction of sp³-hybridized carbons (Fsp3) is 0.688. The van der Waals surface area contributed by atoms with Crippen LogP contribution in [0.15, 0.2) is 24.8 Å². The fourth-order valence-corrected chi connectivity index (χ4v) is 1.53. The Kier molecular flexibility index (Phi) is 11.7. The molecule has 0 bridgehead atoms. The van der Waals surface area contributed by atoms with E-state index in [1.807, 2.05) is 12.2 Å². The van der Waals surface area contributed by atoms with Gasteiger partial charge in [-0.05, 0) is 38.0 Å². The molecular formula is C16H28O2. The van der Waals surface area contributed by atoms with E-state index in [1.54, 1.807) is 6.08 Å². The summed E-state index contributed by atoms with van der Waals surface area (Å²) in [5, 5.41) is 0. The standard InChI is InChI=1S/C16H28O2/c1-4-5-6-7-8-9-10-11-12-16(17)18-14-13-15(2)3/h4,11-12,15H,1,5-10,13-14H2,2-3H3. The molecule has 0 aromatic heterocycles. The molecule has 0 amide bonds. The van der Waals surface area contributed by atoms with Gasteiger partial charge in [-0.25, -0.2) is 4.79 Å². The average molecular weight is 252 g/mol. The first-order chi connectivity index (χ1) is 8.66. The lowest BCUT2D eigenvalue weighted by Gasteiger charge is -2.04. The van der Waals surface area contributed by atoms with Crippen LogP contribution in [0.5, 0.6) is 0 Å². The van der Waals surface area contributed by atoms with Gasteiger partial charge in [-0.1, -0.05) is 38.8 Å². The van der Waals surface area contributed by atoms with Crippen LogP contribution >= 0.6 is 0 Å². The van der Waals surface area contributed by atoms with Crippen LogP contribution in [0.2, 0.25) is 0 Å². The Bertz CT molecular complexity index is 241. The Morgan fingerprint density at radius 1 is 1.17 bits per heavy atom. The van der Waals surface area contributed by atoms with E-state index >= 15 is 0 Å². The lowest BCUT2D eigenvalue weighted by atomic mass is 10.1. The van der Waals surface area contributed by atoms with Crippen LogP contribution in [0.3, 0.4) is 0 Å². The molecule has 0 N–H and O–H groups in total. The molecule has 2 nitrogen and oxygen atoms in total. The molecule has 0 radical (unpaired) electrons. The highest BCUT2D eigenvalue weighted by Crippen LogP contribution is 2.06. The topological polar surface area (TPSA) is 26.3 Å². The second-order valence-corrected chi connectivity index (χ2v) is 5.03. The van der Waals surface area contributed by atoms with Crippen molar-refractivity contribution in [3.63, 3.8) is 0 Å². The lowest BCUT2D eigenvalue weighted by molar-refractivity contribution is -0.138. The number of esters is 1. The Morgan fingerprint density at radius 2 is 1.83 bits per heavy atom. The Hall–Kier alpha value is -1.05. The lowest BCUT2D eigenvalue weighted by Crippen LogP contribution is -2.04. The molecule has 0 aliphatic heterocycles. The minimum Gasteiger partial charge on any atom is -0.463 e. The van der Waals surface area contributed by atoms with E-state index in [4.69, 9.17) is 4.74 Å². The predicted octanol–water partition coefficient (Wildman–Crippen LogP) is 4.66. The molecule has 0 saturated carbocycles. The second-order valence-electron chi connectivity index (χ2n) is 5.03. The van der Waals surface area contributed by atoms with Crippen molar-refractivity contribution in [2.24, 2.45) is 5.92 Å². The molecule has 0 aliphatic rings. The third kappa shape index (κ3) is 13.0. The van der Waals surface area contributed by atoms with Crippen molar-refractivity contribution in [3.05, 3.63) is 24.8 Å². The summed E-state index contributed by atoms with van der Waals surface area (Å²) in [6.07, 6.45) is 13.3. The SMILES string of the molecule is C=CCCCCCCC=CC(=O)OCCC(C)C. The summed E-state index contributed by atoms with van der Waals surface area (Å²) in [5.41, 5.74) is 0. The van der Waals surface area contributed by atoms with E-state index in [1.165, 1.54) is 19.3 Å². The van der Waals surface area contributed by atoms with Gasteiger partial charge in [0, 0.05) is 6.08 Å². The molecule has 0 heterocycles. The normalized spacial score (nSPS) is 11.1. The van der Waals surface area contributed by atoms with Crippen molar-refractivity contribution < 1.29 is 9.53 Å². The van der Waals surface area contributed by atoms with Crippen molar-refractivity contribution in [1.29, 1.82) is 0 Å². The zero-order chi connectivity index (χ0) is 13.6. The van der Waals surface area contributed by atoms with Gasteiger partial charge >= 0.3 is 5.97 Å². The molecule has 0 saturated heterocycles. The van der Waals surface area contributed by atoms with Gasteiger partial charge in [0.1, 0.15) is 0 Å². The molecule has 104 valence electrons. The summed E-state index contributed by atoms with van der Waals surface area (Å²) in [6, 6.07) is 0. The summed E-state index contributed by atoms with van der Waals surface area (Å²) in [7, 11) is 0. The maximum Gasteiger partial charge on any atom is 0.330 e. The van der Waals surface area contributed by atoms with Crippen molar-refractivity contribution in [3.8, 4) is 0 Å². The molecule has 0 aromatic carbocycles. The summed E-state index contributed by atoms with van der Waals surface area (Å²) >= 11 is 0. The Labute approximate surface area is 112 Å². The van der Waals surface area contributed by atoms with Crippen LogP contribution in [-0.2, 0) is 9.53 Å². The molecule has 0 spiro atoms. The molecule has 0 rings (SSSR count). The number of ether oxygens (including phenoxy) is 1. The maximum atomic E-state index is 11.3. The van der Waals surface area contributed by atoms with Crippen LogP contribution in [0.1, 0.15) is 58.8 Å². The van der Waals surface area contributed by atoms with Crippen LogP contribution in [-0.4, -0.2) is 12.6 Å². The number of rotatable bonds is 11. The molecule has 2 heteroatoms. The van der Waals surface area contributed by atoms with Crippen molar-refractivity contribution in [1.82, 2.24) is 0 Å². The molecular weight excluding hydrogens is 224 g/mol. The van der Waals surface area contributed by atoms with Crippen molar-refractivity contribution in [2.45, 2.75) is 58.8 Å². The number of unbranched alkanes of at least 4 members (excludes halogenated alkanes) is 5. The van der Waals surface area contributed by atoms with E-state index in [0.29, 0.717) is 12.5 Å². The van der Waals surface area contributed by atoms with E-state index in [9.17, 15) is 4.79 Å². The molecule has 18 heavy (non-hydrogen) atoms. The Balaban J connectivity index is 3.34. The largest absolute Gasteiger partial charge is 0.463 e. The highest BCUT2D eigenvalue weighted by Gasteiger charge is 1.98. The number of allylic oxidation sites excluding steroid dienone is 2. The number of hydrogen-bond acceptors (Lipinski definition) is 2. The molecule has 0 aliphatic carbocycles. The van der Waals surface area contributed by atoms with Gasteiger partial charge < -0.3 is 4.74 Å². The number of carbonyl (C=O) groups excluding carboxylic acids is 1. The number of carbonyl (C=O) groups is 1. The van der Waals surface area contributed by atoms with E-state index in [-0.39, 0.29) is 5.97 Å². The van der Waals surface area contributed by atoms with E-state index in [0.717, 1.165) is 25.7 Å². The predicted molar refractivity (Wildman–Crippen MR) is 77.5 cm³/mol. The monoisotopic (exact) mass is 252 g/mol. The first kappa shape index (κ1) is 16.9. The number of hydrogen-bond donors (Lipinski definition) is 0. The van der Waals surface area contributed by atoms with Gasteiger partial charge in [0.15, 0.2) is 0 Å². The zero-order valence-corrected chi connectivity index (χ0v) is 12.0. The van der Waals surface area contributed by atoms with Gasteiger partial charge in [-0.15, -0.1) is 6.58 Å². The summed E-state index contributed by atoms with van der Waals surface area (Å²) < 4.78 is 5.08. The molecule has 0 aromatic rings. The summed E-state index contributed by atoms with van der Waals surface area (Å²) in [5.74, 6) is 0.375. The maximum absolute atomic E-state index is 11.3. The summed E-state index contributed by atoms with van der Waals surface area (Å²) in [4.78, 5) is 11.3. The van der Waals surface area contributed by atoms with E-state index < -0.39 is 0 Å². The average Bonchev–Trinajstić information content (AvgIpc) is 2.32. The van der Waals surface area contributed by atoms with Crippen molar-refractivity contribution >= 4 is 5.97 Å². The van der Waals surface area contributed by atoms with Gasteiger partial charge in [0.2, 0.25) is 0 Å². The zero-order valence-electron chi connectivity index (χ0n) is 12.0. The molecule has 0 atom stereocenters. The van der Waals surface area contributed by atoms with Crippen LogP contribution < -0.4 is 0 Å². The highest BCUT2D eigenvalue weighted by atomic mass is 16.5. The summed E-state index contributed by atoms with van der Waals surface area (Å²) in [6.45, 7) is 8.47. The van der Waals surface area contributed by atoms with Crippen LogP contribution in [0.25, 0.3) is 0 Å². The highest BCUT2D eigenvalue weighted by molar-refractivity contribution is 5.81. The first-order valence-corrected chi connectivity index (χ1v) is 7.11. The van der Waals surface area contributed by atoms with Gasteiger partial charge in [0.05, 0.1) is 6.61 Å². The Morgan fingerprint density at radius 3 is 2.44 bits per heavy atom. The van der Waals surface area contributed by atoms with Gasteiger partial charge in [-0.2, -0.15) is 0 Å². The minimum atomic E-state index is -0.206. The van der Waals surface area contributed by atoms with Crippen molar-refractivity contribution in [2.75, 3.05) is 6.61 Å². The molecule has 0 unspecified atom stereocenters. The quantitative estimate of drug-likeness (QED) is 0.231. The van der Waals surface area contributed by atoms with Crippen LogP contribution in [0, 0.1) is 5.92 Å². The smallest absolute Gasteiger partial charge is 0.330 e. The fourth-order valence-electron chi connectivity index (χ4n) is 1.53.